The van der Waals surface area contributed by atoms with Crippen molar-refractivity contribution in [2.24, 2.45) is 0 Å². The highest BCUT2D eigenvalue weighted by Crippen LogP contribution is 2.37. The highest BCUT2D eigenvalue weighted by Gasteiger charge is 2.15. The molecule has 102 valence electrons. The van der Waals surface area contributed by atoms with Crippen molar-refractivity contribution in [3.05, 3.63) is 50.1 Å². The van der Waals surface area contributed by atoms with E-state index in [2.05, 4.69) is 20.7 Å². The summed E-state index contributed by atoms with van der Waals surface area (Å²) < 4.78 is 29.4. The Balaban J connectivity index is 2.17. The molecule has 1 atom stereocenters. The third-order valence-corrected chi connectivity index (χ3v) is 5.34. The van der Waals surface area contributed by atoms with E-state index in [-0.39, 0.29) is 11.1 Å². The molecule has 0 fully saturated rings. The Labute approximate surface area is 127 Å². The molecule has 0 spiro atoms. The smallest absolute Gasteiger partial charge is 0.387 e. The fraction of sp³-hybridized carbons (Fsp3) is 0.231. The minimum atomic E-state index is -2.81. The summed E-state index contributed by atoms with van der Waals surface area (Å²) in [4.78, 5) is 2.16. The van der Waals surface area contributed by atoms with Crippen LogP contribution in [0.15, 0.2) is 34.8 Å². The molecule has 0 amide bonds. The van der Waals surface area contributed by atoms with E-state index in [1.54, 1.807) is 23.5 Å². The lowest BCUT2D eigenvalue weighted by atomic mass is 10.1. The van der Waals surface area contributed by atoms with Crippen LogP contribution in [-0.4, -0.2) is 6.61 Å². The topological polar surface area (TPSA) is 9.23 Å². The molecule has 1 aromatic carbocycles. The maximum absolute atomic E-state index is 12.0. The number of halogens is 4. The van der Waals surface area contributed by atoms with Crippen molar-refractivity contribution in [1.82, 2.24) is 0 Å². The maximum atomic E-state index is 12.0. The molecule has 19 heavy (non-hydrogen) atoms. The van der Waals surface area contributed by atoms with Gasteiger partial charge in [0.2, 0.25) is 0 Å². The molecule has 6 heteroatoms. The summed E-state index contributed by atoms with van der Waals surface area (Å²) >= 11 is 11.4. The monoisotopic (exact) mass is 366 g/mol. The highest BCUT2D eigenvalue weighted by atomic mass is 79.9. The first-order chi connectivity index (χ1) is 8.97. The molecule has 2 aromatic rings. The van der Waals surface area contributed by atoms with Gasteiger partial charge in [0, 0.05) is 14.2 Å². The SMILES string of the molecule is Cc1sc(C(Cl)c2ccc(OC(F)F)cc2)cc1Br. The molecule has 0 radical (unpaired) electrons. The van der Waals surface area contributed by atoms with E-state index >= 15 is 0 Å². The van der Waals surface area contributed by atoms with Crippen molar-refractivity contribution in [3.8, 4) is 5.75 Å². The minimum Gasteiger partial charge on any atom is -0.435 e. The van der Waals surface area contributed by atoms with Crippen LogP contribution >= 0.6 is 38.9 Å². The first kappa shape index (κ1) is 14.8. The van der Waals surface area contributed by atoms with Crippen molar-refractivity contribution in [2.45, 2.75) is 18.9 Å². The summed E-state index contributed by atoms with van der Waals surface area (Å²) in [6.07, 6.45) is 0. The number of rotatable bonds is 4. The molecule has 1 heterocycles. The summed E-state index contributed by atoms with van der Waals surface area (Å²) in [6, 6.07) is 8.34. The summed E-state index contributed by atoms with van der Waals surface area (Å²) in [5.74, 6) is 0.131. The van der Waals surface area contributed by atoms with E-state index in [1.165, 1.54) is 12.1 Å². The Morgan fingerprint density at radius 1 is 1.26 bits per heavy atom. The van der Waals surface area contributed by atoms with Gasteiger partial charge in [-0.1, -0.05) is 12.1 Å². The van der Waals surface area contributed by atoms with Crippen molar-refractivity contribution in [3.63, 3.8) is 0 Å². The van der Waals surface area contributed by atoms with Gasteiger partial charge in [-0.25, -0.2) is 0 Å². The molecule has 0 aliphatic carbocycles. The molecule has 0 bridgehead atoms. The van der Waals surface area contributed by atoms with Crippen molar-refractivity contribution in [2.75, 3.05) is 0 Å². The summed E-state index contributed by atoms with van der Waals surface area (Å²) in [6.45, 7) is -0.810. The third kappa shape index (κ3) is 3.68. The van der Waals surface area contributed by atoms with E-state index in [4.69, 9.17) is 11.6 Å². The van der Waals surface area contributed by atoms with Crippen molar-refractivity contribution >= 4 is 38.9 Å². The molecular weight excluding hydrogens is 358 g/mol. The lowest BCUT2D eigenvalue weighted by Crippen LogP contribution is -2.01. The Morgan fingerprint density at radius 3 is 2.37 bits per heavy atom. The van der Waals surface area contributed by atoms with Crippen LogP contribution in [0, 0.1) is 6.92 Å². The van der Waals surface area contributed by atoms with Gasteiger partial charge in [-0.2, -0.15) is 8.78 Å². The van der Waals surface area contributed by atoms with Gasteiger partial charge >= 0.3 is 6.61 Å². The molecule has 0 saturated heterocycles. The van der Waals surface area contributed by atoms with Gasteiger partial charge in [0.1, 0.15) is 5.75 Å². The zero-order valence-electron chi connectivity index (χ0n) is 9.87. The molecule has 0 N–H and O–H groups in total. The minimum absolute atomic E-state index is 0.131. The maximum Gasteiger partial charge on any atom is 0.387 e. The second-order valence-electron chi connectivity index (χ2n) is 3.86. The largest absolute Gasteiger partial charge is 0.435 e. The summed E-state index contributed by atoms with van der Waals surface area (Å²) in [5, 5.41) is -0.296. The second kappa shape index (κ2) is 6.20. The molecule has 1 nitrogen and oxygen atoms in total. The van der Waals surface area contributed by atoms with Gasteiger partial charge in [0.05, 0.1) is 5.38 Å². The first-order valence-electron chi connectivity index (χ1n) is 5.42. The number of hydrogen-bond acceptors (Lipinski definition) is 2. The van der Waals surface area contributed by atoms with E-state index in [0.717, 1.165) is 19.8 Å². The molecule has 1 unspecified atom stereocenters. The van der Waals surface area contributed by atoms with E-state index < -0.39 is 6.61 Å². The van der Waals surface area contributed by atoms with Crippen molar-refractivity contribution in [1.29, 1.82) is 0 Å². The Bertz CT molecular complexity index is 537. The van der Waals surface area contributed by atoms with E-state index in [9.17, 15) is 8.78 Å². The lowest BCUT2D eigenvalue weighted by Gasteiger charge is -2.09. The van der Waals surface area contributed by atoms with Gasteiger partial charge < -0.3 is 4.74 Å². The fourth-order valence-electron chi connectivity index (χ4n) is 1.59. The average molecular weight is 368 g/mol. The highest BCUT2D eigenvalue weighted by molar-refractivity contribution is 9.10. The van der Waals surface area contributed by atoms with Gasteiger partial charge in [-0.05, 0) is 46.6 Å². The molecule has 1 aromatic heterocycles. The van der Waals surface area contributed by atoms with Gasteiger partial charge in [-0.3, -0.25) is 0 Å². The zero-order valence-corrected chi connectivity index (χ0v) is 13.0. The Kier molecular flexibility index (Phi) is 4.81. The predicted molar refractivity (Wildman–Crippen MR) is 77.5 cm³/mol. The van der Waals surface area contributed by atoms with Gasteiger partial charge in [0.25, 0.3) is 0 Å². The Hall–Kier alpha value is -0.650. The Morgan fingerprint density at radius 2 is 1.89 bits per heavy atom. The van der Waals surface area contributed by atoms with Crippen LogP contribution in [0.1, 0.15) is 20.7 Å². The third-order valence-electron chi connectivity index (χ3n) is 2.52. The van der Waals surface area contributed by atoms with Crippen LogP contribution in [0.3, 0.4) is 0 Å². The fourth-order valence-corrected chi connectivity index (χ4v) is 3.50. The van der Waals surface area contributed by atoms with Crippen LogP contribution in [0.5, 0.6) is 5.75 Å². The lowest BCUT2D eigenvalue weighted by molar-refractivity contribution is -0.0498. The van der Waals surface area contributed by atoms with Crippen LogP contribution < -0.4 is 4.74 Å². The molecule has 2 rings (SSSR count). The number of ether oxygens (including phenoxy) is 1. The number of benzene rings is 1. The standard InChI is InChI=1S/C13H10BrClF2OS/c1-7-10(14)6-11(19-7)12(15)8-2-4-9(5-3-8)18-13(16)17/h2-6,12-13H,1H3. The molecule has 0 saturated carbocycles. The normalized spacial score (nSPS) is 12.7. The van der Waals surface area contributed by atoms with E-state index in [1.807, 2.05) is 13.0 Å². The number of hydrogen-bond donors (Lipinski definition) is 0. The number of aryl methyl sites for hydroxylation is 1. The number of thiophene rings is 1. The second-order valence-corrected chi connectivity index (χ2v) is 6.44. The quantitative estimate of drug-likeness (QED) is 0.625. The van der Waals surface area contributed by atoms with Crippen LogP contribution in [0.4, 0.5) is 8.78 Å². The molecule has 0 aliphatic rings. The van der Waals surface area contributed by atoms with E-state index in [0.29, 0.717) is 0 Å². The summed E-state index contributed by atoms with van der Waals surface area (Å²) in [5.41, 5.74) is 0.844. The van der Waals surface area contributed by atoms with Crippen molar-refractivity contribution < 1.29 is 13.5 Å². The average Bonchev–Trinajstić information content (AvgIpc) is 2.69. The predicted octanol–water partition coefficient (Wildman–Crippen LogP) is 5.75. The van der Waals surface area contributed by atoms with Crippen LogP contribution in [-0.2, 0) is 0 Å². The van der Waals surface area contributed by atoms with Crippen LogP contribution in [0.2, 0.25) is 0 Å². The van der Waals surface area contributed by atoms with Crippen LogP contribution in [0.25, 0.3) is 0 Å². The molecular formula is C13H10BrClF2OS. The van der Waals surface area contributed by atoms with Gasteiger partial charge in [0.15, 0.2) is 0 Å². The zero-order chi connectivity index (χ0) is 14.0. The summed E-state index contributed by atoms with van der Waals surface area (Å²) in [7, 11) is 0. The number of alkyl halides is 3. The first-order valence-corrected chi connectivity index (χ1v) is 7.46. The van der Waals surface area contributed by atoms with Gasteiger partial charge in [-0.15, -0.1) is 22.9 Å². The molecule has 0 aliphatic heterocycles.